The average Bonchev–Trinajstić information content (AvgIpc) is 2.22. The molecule has 1 unspecified atom stereocenters. The van der Waals surface area contributed by atoms with Gasteiger partial charge in [0.2, 0.25) is 0 Å². The molecule has 0 heterocycles. The molecule has 17 heavy (non-hydrogen) atoms. The standard InChI is InChI=1S/C14H21BrFN/c1-10(2)6-11(3)8-17-9-12-7-13(15)4-5-14(12)16/h4-5,7,10-11,17H,6,8-9H2,1-3H3. The maximum absolute atomic E-state index is 13.4. The van der Waals surface area contributed by atoms with Crippen LogP contribution in [0, 0.1) is 17.7 Å². The van der Waals surface area contributed by atoms with Gasteiger partial charge >= 0.3 is 0 Å². The maximum atomic E-state index is 13.4. The molecule has 0 radical (unpaired) electrons. The second kappa shape index (κ2) is 7.12. The summed E-state index contributed by atoms with van der Waals surface area (Å²) in [6.07, 6.45) is 1.20. The topological polar surface area (TPSA) is 12.0 Å². The number of hydrogen-bond acceptors (Lipinski definition) is 1. The molecule has 1 aromatic rings. The highest BCUT2D eigenvalue weighted by molar-refractivity contribution is 9.10. The highest BCUT2D eigenvalue weighted by Crippen LogP contribution is 2.15. The Bertz CT molecular complexity index is 352. The van der Waals surface area contributed by atoms with E-state index in [1.54, 1.807) is 6.07 Å². The van der Waals surface area contributed by atoms with Crippen LogP contribution >= 0.6 is 15.9 Å². The van der Waals surface area contributed by atoms with Gasteiger partial charge in [0.1, 0.15) is 5.82 Å². The monoisotopic (exact) mass is 301 g/mol. The van der Waals surface area contributed by atoms with Crippen LogP contribution in [0.15, 0.2) is 22.7 Å². The Morgan fingerprint density at radius 2 is 2.00 bits per heavy atom. The summed E-state index contributed by atoms with van der Waals surface area (Å²) in [5, 5.41) is 3.31. The minimum atomic E-state index is -0.141. The van der Waals surface area contributed by atoms with Crippen LogP contribution in [0.2, 0.25) is 0 Å². The molecular formula is C14H21BrFN. The van der Waals surface area contributed by atoms with Crippen LogP contribution in [-0.2, 0) is 6.54 Å². The Labute approximate surface area is 112 Å². The summed E-state index contributed by atoms with van der Waals surface area (Å²) < 4.78 is 14.4. The number of rotatable bonds is 6. The van der Waals surface area contributed by atoms with Gasteiger partial charge in [0.05, 0.1) is 0 Å². The Hall–Kier alpha value is -0.410. The lowest BCUT2D eigenvalue weighted by atomic mass is 9.99. The lowest BCUT2D eigenvalue weighted by molar-refractivity contribution is 0.412. The maximum Gasteiger partial charge on any atom is 0.127 e. The van der Waals surface area contributed by atoms with Crippen molar-refractivity contribution in [3.8, 4) is 0 Å². The summed E-state index contributed by atoms with van der Waals surface area (Å²) in [5.41, 5.74) is 0.719. The highest BCUT2D eigenvalue weighted by atomic mass is 79.9. The minimum Gasteiger partial charge on any atom is -0.312 e. The predicted octanol–water partition coefficient (Wildman–Crippen LogP) is 4.36. The Morgan fingerprint density at radius 3 is 2.65 bits per heavy atom. The van der Waals surface area contributed by atoms with E-state index in [9.17, 15) is 4.39 Å². The molecule has 1 N–H and O–H groups in total. The third-order valence-corrected chi connectivity index (χ3v) is 3.18. The molecular weight excluding hydrogens is 281 g/mol. The molecule has 0 amide bonds. The third-order valence-electron chi connectivity index (χ3n) is 2.69. The number of nitrogens with one attached hydrogen (secondary N) is 1. The molecule has 1 atom stereocenters. The highest BCUT2D eigenvalue weighted by Gasteiger charge is 2.06. The van der Waals surface area contributed by atoms with Gasteiger partial charge < -0.3 is 5.32 Å². The molecule has 0 spiro atoms. The molecule has 0 aliphatic heterocycles. The Balaban J connectivity index is 2.38. The first-order valence-electron chi connectivity index (χ1n) is 6.13. The fourth-order valence-electron chi connectivity index (χ4n) is 2.02. The van der Waals surface area contributed by atoms with Gasteiger partial charge in [-0.05, 0) is 43.0 Å². The normalized spacial score (nSPS) is 13.1. The quantitative estimate of drug-likeness (QED) is 0.823. The third kappa shape index (κ3) is 5.64. The van der Waals surface area contributed by atoms with Crippen LogP contribution in [0.3, 0.4) is 0 Å². The van der Waals surface area contributed by atoms with Crippen molar-refractivity contribution in [2.75, 3.05) is 6.54 Å². The molecule has 0 saturated carbocycles. The first-order valence-corrected chi connectivity index (χ1v) is 6.93. The zero-order valence-corrected chi connectivity index (χ0v) is 12.3. The molecule has 3 heteroatoms. The fraction of sp³-hybridized carbons (Fsp3) is 0.571. The molecule has 0 bridgehead atoms. The van der Waals surface area contributed by atoms with E-state index in [1.165, 1.54) is 12.5 Å². The fourth-order valence-corrected chi connectivity index (χ4v) is 2.43. The van der Waals surface area contributed by atoms with Crippen molar-refractivity contribution in [3.63, 3.8) is 0 Å². The first kappa shape index (κ1) is 14.7. The van der Waals surface area contributed by atoms with Gasteiger partial charge in [0.25, 0.3) is 0 Å². The van der Waals surface area contributed by atoms with Crippen molar-refractivity contribution < 1.29 is 4.39 Å². The van der Waals surface area contributed by atoms with Crippen molar-refractivity contribution in [3.05, 3.63) is 34.1 Å². The molecule has 0 saturated heterocycles. The molecule has 1 rings (SSSR count). The van der Waals surface area contributed by atoms with E-state index in [0.717, 1.165) is 22.5 Å². The summed E-state index contributed by atoms with van der Waals surface area (Å²) in [6.45, 7) is 8.21. The molecule has 0 fully saturated rings. The van der Waals surface area contributed by atoms with Crippen LogP contribution < -0.4 is 5.32 Å². The van der Waals surface area contributed by atoms with Gasteiger partial charge in [0.15, 0.2) is 0 Å². The number of hydrogen-bond donors (Lipinski definition) is 1. The average molecular weight is 302 g/mol. The molecule has 0 aliphatic carbocycles. The van der Waals surface area contributed by atoms with E-state index in [-0.39, 0.29) is 5.82 Å². The summed E-state index contributed by atoms with van der Waals surface area (Å²) in [5.74, 6) is 1.21. The predicted molar refractivity (Wildman–Crippen MR) is 74.4 cm³/mol. The first-order chi connectivity index (χ1) is 7.99. The minimum absolute atomic E-state index is 0.141. The zero-order chi connectivity index (χ0) is 12.8. The lowest BCUT2D eigenvalue weighted by Crippen LogP contribution is -2.22. The molecule has 1 nitrogen and oxygen atoms in total. The van der Waals surface area contributed by atoms with Crippen LogP contribution in [0.5, 0.6) is 0 Å². The van der Waals surface area contributed by atoms with Crippen LogP contribution in [0.1, 0.15) is 32.8 Å². The molecule has 96 valence electrons. The van der Waals surface area contributed by atoms with Gasteiger partial charge in [-0.15, -0.1) is 0 Å². The van der Waals surface area contributed by atoms with E-state index in [1.807, 2.05) is 6.07 Å². The summed E-state index contributed by atoms with van der Waals surface area (Å²) in [4.78, 5) is 0. The van der Waals surface area contributed by atoms with E-state index < -0.39 is 0 Å². The smallest absolute Gasteiger partial charge is 0.127 e. The van der Waals surface area contributed by atoms with Gasteiger partial charge in [-0.2, -0.15) is 0 Å². The van der Waals surface area contributed by atoms with Gasteiger partial charge in [-0.1, -0.05) is 36.7 Å². The largest absolute Gasteiger partial charge is 0.312 e. The van der Waals surface area contributed by atoms with Crippen molar-refractivity contribution >= 4 is 15.9 Å². The van der Waals surface area contributed by atoms with Crippen molar-refractivity contribution in [1.29, 1.82) is 0 Å². The van der Waals surface area contributed by atoms with Gasteiger partial charge in [0, 0.05) is 16.6 Å². The van der Waals surface area contributed by atoms with Crippen LogP contribution in [-0.4, -0.2) is 6.54 Å². The van der Waals surface area contributed by atoms with Crippen molar-refractivity contribution in [2.45, 2.75) is 33.7 Å². The molecule has 0 aliphatic rings. The van der Waals surface area contributed by atoms with Crippen molar-refractivity contribution in [1.82, 2.24) is 5.32 Å². The van der Waals surface area contributed by atoms with E-state index in [2.05, 4.69) is 42.0 Å². The number of benzene rings is 1. The molecule has 1 aromatic carbocycles. The lowest BCUT2D eigenvalue weighted by Gasteiger charge is -2.15. The zero-order valence-electron chi connectivity index (χ0n) is 10.8. The Morgan fingerprint density at radius 1 is 1.29 bits per heavy atom. The van der Waals surface area contributed by atoms with Crippen LogP contribution in [0.4, 0.5) is 4.39 Å². The summed E-state index contributed by atoms with van der Waals surface area (Å²) in [7, 11) is 0. The van der Waals surface area contributed by atoms with Crippen molar-refractivity contribution in [2.24, 2.45) is 11.8 Å². The Kier molecular flexibility index (Phi) is 6.14. The SMILES string of the molecule is CC(C)CC(C)CNCc1cc(Br)ccc1F. The number of halogens is 2. The van der Waals surface area contributed by atoms with E-state index >= 15 is 0 Å². The second-order valence-corrected chi connectivity index (χ2v) is 6.02. The summed E-state index contributed by atoms with van der Waals surface area (Å²) >= 11 is 3.36. The van der Waals surface area contributed by atoms with Gasteiger partial charge in [-0.25, -0.2) is 4.39 Å². The van der Waals surface area contributed by atoms with E-state index in [0.29, 0.717) is 12.5 Å². The summed E-state index contributed by atoms with van der Waals surface area (Å²) in [6, 6.07) is 5.05. The van der Waals surface area contributed by atoms with Crippen LogP contribution in [0.25, 0.3) is 0 Å². The van der Waals surface area contributed by atoms with Gasteiger partial charge in [-0.3, -0.25) is 0 Å². The molecule has 0 aromatic heterocycles. The second-order valence-electron chi connectivity index (χ2n) is 5.10. The van der Waals surface area contributed by atoms with E-state index in [4.69, 9.17) is 0 Å².